The summed E-state index contributed by atoms with van der Waals surface area (Å²) in [6.45, 7) is 7.99. The van der Waals surface area contributed by atoms with Crippen LogP contribution in [0, 0.1) is 17.3 Å². The van der Waals surface area contributed by atoms with Gasteiger partial charge >= 0.3 is 0 Å². The van der Waals surface area contributed by atoms with Gasteiger partial charge in [-0.15, -0.1) is 0 Å². The molecular formula is C18H26BrN. The Kier molecular flexibility index (Phi) is 3.75. The normalized spacial score (nSPS) is 32.2. The molecule has 1 nitrogen and oxygen atoms in total. The minimum Gasteiger partial charge on any atom is -0.312 e. The lowest BCUT2D eigenvalue weighted by molar-refractivity contribution is 0.222. The van der Waals surface area contributed by atoms with Gasteiger partial charge in [0.05, 0.1) is 0 Å². The van der Waals surface area contributed by atoms with Gasteiger partial charge in [0.25, 0.3) is 0 Å². The third kappa shape index (κ3) is 3.46. The Morgan fingerprint density at radius 3 is 2.30 bits per heavy atom. The number of nitrogens with one attached hydrogen (secondary N) is 1. The quantitative estimate of drug-likeness (QED) is 0.833. The summed E-state index contributed by atoms with van der Waals surface area (Å²) in [5.41, 5.74) is 2.21. The van der Waals surface area contributed by atoms with E-state index in [-0.39, 0.29) is 5.54 Å². The Hall–Kier alpha value is -0.340. The van der Waals surface area contributed by atoms with E-state index in [1.807, 2.05) is 0 Å². The highest BCUT2D eigenvalue weighted by molar-refractivity contribution is 9.10. The summed E-state index contributed by atoms with van der Waals surface area (Å²) in [7, 11) is 0. The molecule has 2 unspecified atom stereocenters. The largest absolute Gasteiger partial charge is 0.312 e. The first-order chi connectivity index (χ1) is 9.35. The van der Waals surface area contributed by atoms with Crippen molar-refractivity contribution in [1.29, 1.82) is 0 Å². The van der Waals surface area contributed by atoms with Gasteiger partial charge in [0.1, 0.15) is 0 Å². The van der Waals surface area contributed by atoms with Crippen LogP contribution < -0.4 is 5.32 Å². The fourth-order valence-electron chi connectivity index (χ4n) is 3.85. The summed E-state index contributed by atoms with van der Waals surface area (Å²) in [6, 6.07) is 8.92. The van der Waals surface area contributed by atoms with Gasteiger partial charge in [0.2, 0.25) is 0 Å². The molecule has 0 radical (unpaired) electrons. The zero-order valence-corrected chi connectivity index (χ0v) is 14.5. The van der Waals surface area contributed by atoms with Crippen LogP contribution in [0.25, 0.3) is 0 Å². The van der Waals surface area contributed by atoms with Gasteiger partial charge in [-0.1, -0.05) is 28.1 Å². The van der Waals surface area contributed by atoms with Crippen LogP contribution in [0.3, 0.4) is 0 Å². The van der Waals surface area contributed by atoms with Crippen molar-refractivity contribution in [2.45, 2.75) is 52.0 Å². The van der Waals surface area contributed by atoms with E-state index in [1.54, 1.807) is 0 Å². The Morgan fingerprint density at radius 1 is 1.15 bits per heavy atom. The van der Waals surface area contributed by atoms with E-state index in [9.17, 15) is 0 Å². The summed E-state index contributed by atoms with van der Waals surface area (Å²) >= 11 is 3.53. The van der Waals surface area contributed by atoms with Gasteiger partial charge < -0.3 is 5.32 Å². The van der Waals surface area contributed by atoms with Crippen molar-refractivity contribution in [3.8, 4) is 0 Å². The van der Waals surface area contributed by atoms with Gasteiger partial charge in [0.15, 0.2) is 0 Å². The molecule has 1 N–H and O–H groups in total. The molecule has 2 fully saturated rings. The molecule has 0 aliphatic heterocycles. The molecule has 0 heterocycles. The molecule has 2 atom stereocenters. The predicted molar refractivity (Wildman–Crippen MR) is 88.9 cm³/mol. The molecule has 3 rings (SSSR count). The van der Waals surface area contributed by atoms with Crippen LogP contribution in [-0.4, -0.2) is 12.1 Å². The molecule has 20 heavy (non-hydrogen) atoms. The van der Waals surface area contributed by atoms with Crippen LogP contribution in [-0.2, 0) is 6.42 Å². The standard InChI is InChI=1S/C18H26BrN/c1-17(2,3)20-12-18(10-14-8-15(14)11-18)9-13-4-6-16(19)7-5-13/h4-7,14-15,20H,8-12H2,1-3H3. The number of rotatable bonds is 4. The first-order valence-corrected chi connectivity index (χ1v) is 8.64. The SMILES string of the molecule is CC(C)(C)NCC1(Cc2ccc(Br)cc2)CC2CC2C1. The second kappa shape index (κ2) is 5.14. The first kappa shape index (κ1) is 14.6. The summed E-state index contributed by atoms with van der Waals surface area (Å²) < 4.78 is 1.18. The summed E-state index contributed by atoms with van der Waals surface area (Å²) in [6.07, 6.45) is 5.58. The molecule has 0 aromatic heterocycles. The maximum atomic E-state index is 3.77. The Labute approximate surface area is 131 Å². The highest BCUT2D eigenvalue weighted by atomic mass is 79.9. The van der Waals surface area contributed by atoms with Crippen LogP contribution in [0.2, 0.25) is 0 Å². The summed E-state index contributed by atoms with van der Waals surface area (Å²) in [4.78, 5) is 0. The molecule has 110 valence electrons. The van der Waals surface area contributed by atoms with Crippen LogP contribution in [0.4, 0.5) is 0 Å². The zero-order chi connectivity index (χ0) is 14.4. The molecular weight excluding hydrogens is 310 g/mol. The second-order valence-corrected chi connectivity index (χ2v) is 8.99. The Balaban J connectivity index is 1.71. The van der Waals surface area contributed by atoms with E-state index < -0.39 is 0 Å². The van der Waals surface area contributed by atoms with Crippen molar-refractivity contribution < 1.29 is 0 Å². The van der Waals surface area contributed by atoms with Gasteiger partial charge in [-0.05, 0) is 81.4 Å². The first-order valence-electron chi connectivity index (χ1n) is 7.85. The predicted octanol–water partition coefficient (Wildman–Crippen LogP) is 4.80. The van der Waals surface area contributed by atoms with Crippen LogP contribution in [0.5, 0.6) is 0 Å². The van der Waals surface area contributed by atoms with E-state index in [0.717, 1.165) is 11.8 Å². The third-order valence-electron chi connectivity index (χ3n) is 4.95. The molecule has 0 bridgehead atoms. The van der Waals surface area contributed by atoms with Crippen LogP contribution in [0.1, 0.15) is 45.6 Å². The molecule has 1 aromatic rings. The molecule has 2 aliphatic rings. The number of benzene rings is 1. The van der Waals surface area contributed by atoms with Crippen molar-refractivity contribution in [3.05, 3.63) is 34.3 Å². The number of hydrogen-bond donors (Lipinski definition) is 1. The molecule has 0 saturated heterocycles. The monoisotopic (exact) mass is 335 g/mol. The summed E-state index contributed by atoms with van der Waals surface area (Å²) in [5.74, 6) is 2.07. The van der Waals surface area contributed by atoms with Crippen molar-refractivity contribution in [1.82, 2.24) is 5.32 Å². The van der Waals surface area contributed by atoms with Crippen molar-refractivity contribution in [3.63, 3.8) is 0 Å². The van der Waals surface area contributed by atoms with Crippen molar-refractivity contribution in [2.24, 2.45) is 17.3 Å². The average molecular weight is 336 g/mol. The van der Waals surface area contributed by atoms with Crippen LogP contribution >= 0.6 is 15.9 Å². The molecule has 2 aliphatic carbocycles. The zero-order valence-electron chi connectivity index (χ0n) is 12.9. The van der Waals surface area contributed by atoms with Gasteiger partial charge in [-0.2, -0.15) is 0 Å². The highest BCUT2D eigenvalue weighted by Crippen LogP contribution is 2.60. The maximum Gasteiger partial charge on any atom is 0.0175 e. The lowest BCUT2D eigenvalue weighted by Gasteiger charge is -2.35. The maximum absolute atomic E-state index is 3.77. The van der Waals surface area contributed by atoms with E-state index in [4.69, 9.17) is 0 Å². The topological polar surface area (TPSA) is 12.0 Å². The molecule has 1 aromatic carbocycles. The number of halogens is 1. The van der Waals surface area contributed by atoms with E-state index in [2.05, 4.69) is 66.3 Å². The second-order valence-electron chi connectivity index (χ2n) is 8.07. The summed E-state index contributed by atoms with van der Waals surface area (Å²) in [5, 5.41) is 3.77. The number of hydrogen-bond acceptors (Lipinski definition) is 1. The van der Waals surface area contributed by atoms with E-state index in [1.165, 1.54) is 42.3 Å². The van der Waals surface area contributed by atoms with Crippen LogP contribution in [0.15, 0.2) is 28.7 Å². The smallest absolute Gasteiger partial charge is 0.0175 e. The third-order valence-corrected chi connectivity index (χ3v) is 5.47. The Bertz CT molecular complexity index is 461. The average Bonchev–Trinajstić information content (AvgIpc) is 2.98. The minimum absolute atomic E-state index is 0.222. The van der Waals surface area contributed by atoms with E-state index in [0.29, 0.717) is 5.41 Å². The highest BCUT2D eigenvalue weighted by Gasteiger charge is 2.53. The lowest BCUT2D eigenvalue weighted by Crippen LogP contribution is -2.44. The Morgan fingerprint density at radius 2 is 1.75 bits per heavy atom. The van der Waals surface area contributed by atoms with Gasteiger partial charge in [-0.25, -0.2) is 0 Å². The number of fused-ring (bicyclic) bond motifs is 1. The van der Waals surface area contributed by atoms with E-state index >= 15 is 0 Å². The fourth-order valence-corrected chi connectivity index (χ4v) is 4.11. The van der Waals surface area contributed by atoms with Crippen molar-refractivity contribution in [2.75, 3.05) is 6.54 Å². The lowest BCUT2D eigenvalue weighted by atomic mass is 9.77. The molecule has 0 amide bonds. The fraction of sp³-hybridized carbons (Fsp3) is 0.667. The molecule has 0 spiro atoms. The minimum atomic E-state index is 0.222. The van der Waals surface area contributed by atoms with Gasteiger partial charge in [0, 0.05) is 16.6 Å². The molecule has 2 saturated carbocycles. The van der Waals surface area contributed by atoms with Gasteiger partial charge in [-0.3, -0.25) is 0 Å². The molecule has 2 heteroatoms. The van der Waals surface area contributed by atoms with Crippen molar-refractivity contribution >= 4 is 15.9 Å².